The molecule has 4 rings (SSSR count). The van der Waals surface area contributed by atoms with Crippen molar-refractivity contribution < 1.29 is 24.2 Å². The molecule has 1 aliphatic heterocycles. The number of carboxylic acids is 1. The Bertz CT molecular complexity index is 1300. The van der Waals surface area contributed by atoms with Crippen molar-refractivity contribution in [2.75, 3.05) is 33.8 Å². The van der Waals surface area contributed by atoms with E-state index in [0.29, 0.717) is 25.3 Å². The summed E-state index contributed by atoms with van der Waals surface area (Å²) in [5.41, 5.74) is 5.55. The van der Waals surface area contributed by atoms with E-state index in [1.54, 1.807) is 12.1 Å². The SMILES string of the molecule is CC/C(=C(/c1ccc(OCCN(C)C)cc1)c1ccc(OC(=O)C2CCNC(C(=O)O)C2)cc1)c1ccccc1. The molecule has 0 radical (unpaired) electrons. The number of esters is 1. The Morgan fingerprint density at radius 3 is 2.10 bits per heavy atom. The Morgan fingerprint density at radius 2 is 1.52 bits per heavy atom. The van der Waals surface area contributed by atoms with E-state index in [9.17, 15) is 14.7 Å². The molecule has 2 unspecified atom stereocenters. The summed E-state index contributed by atoms with van der Waals surface area (Å²) in [6.07, 6.45) is 1.61. The number of piperidine rings is 1. The first-order valence-electron chi connectivity index (χ1n) is 13.8. The molecule has 1 saturated heterocycles. The molecular formula is C33H38N2O5. The molecule has 0 spiro atoms. The second kappa shape index (κ2) is 13.9. The Hall–Kier alpha value is -3.94. The molecule has 7 heteroatoms. The van der Waals surface area contributed by atoms with Gasteiger partial charge in [0.1, 0.15) is 24.1 Å². The lowest BCUT2D eigenvalue weighted by Gasteiger charge is -2.26. The molecule has 1 fully saturated rings. The van der Waals surface area contributed by atoms with Crippen LogP contribution in [0.1, 0.15) is 42.9 Å². The first-order valence-corrected chi connectivity index (χ1v) is 13.8. The normalized spacial score (nSPS) is 17.7. The lowest BCUT2D eigenvalue weighted by Crippen LogP contribution is -2.45. The van der Waals surface area contributed by atoms with Crippen LogP contribution in [0.2, 0.25) is 0 Å². The van der Waals surface area contributed by atoms with Crippen LogP contribution in [0, 0.1) is 5.92 Å². The van der Waals surface area contributed by atoms with Gasteiger partial charge in [0.05, 0.1) is 5.92 Å². The number of nitrogens with zero attached hydrogens (tertiary/aromatic N) is 1. The number of carbonyl (C=O) groups is 2. The van der Waals surface area contributed by atoms with E-state index >= 15 is 0 Å². The average Bonchev–Trinajstić information content (AvgIpc) is 2.97. The summed E-state index contributed by atoms with van der Waals surface area (Å²) in [7, 11) is 4.04. The van der Waals surface area contributed by atoms with Crippen LogP contribution in [0.4, 0.5) is 0 Å². The Balaban J connectivity index is 1.59. The number of carboxylic acid groups (broad SMARTS) is 1. The molecular weight excluding hydrogens is 504 g/mol. The number of nitrogens with one attached hydrogen (secondary N) is 1. The summed E-state index contributed by atoms with van der Waals surface area (Å²) < 4.78 is 11.6. The molecule has 0 aromatic heterocycles. The fourth-order valence-electron chi connectivity index (χ4n) is 4.95. The number of ether oxygens (including phenoxy) is 2. The second-order valence-corrected chi connectivity index (χ2v) is 10.3. The molecule has 0 saturated carbocycles. The minimum Gasteiger partial charge on any atom is -0.492 e. The van der Waals surface area contributed by atoms with Crippen molar-refractivity contribution in [1.82, 2.24) is 10.2 Å². The lowest BCUT2D eigenvalue weighted by molar-refractivity contribution is -0.144. The van der Waals surface area contributed by atoms with E-state index in [4.69, 9.17) is 9.47 Å². The number of rotatable bonds is 11. The van der Waals surface area contributed by atoms with Gasteiger partial charge in [-0.1, -0.05) is 61.5 Å². The molecule has 210 valence electrons. The largest absolute Gasteiger partial charge is 0.492 e. The van der Waals surface area contributed by atoms with Crippen LogP contribution in [-0.2, 0) is 9.59 Å². The molecule has 0 aliphatic carbocycles. The highest BCUT2D eigenvalue weighted by molar-refractivity contribution is 5.98. The van der Waals surface area contributed by atoms with Crippen molar-refractivity contribution >= 4 is 23.1 Å². The second-order valence-electron chi connectivity index (χ2n) is 10.3. The van der Waals surface area contributed by atoms with Gasteiger partial charge < -0.3 is 24.8 Å². The van der Waals surface area contributed by atoms with Gasteiger partial charge >= 0.3 is 11.9 Å². The topological polar surface area (TPSA) is 88.1 Å². The van der Waals surface area contributed by atoms with E-state index < -0.39 is 17.9 Å². The van der Waals surface area contributed by atoms with E-state index in [1.165, 1.54) is 5.57 Å². The van der Waals surface area contributed by atoms with Gasteiger partial charge in [-0.2, -0.15) is 0 Å². The first-order chi connectivity index (χ1) is 19.4. The van der Waals surface area contributed by atoms with Gasteiger partial charge in [0, 0.05) is 6.54 Å². The smallest absolute Gasteiger partial charge is 0.320 e. The maximum atomic E-state index is 12.8. The number of hydrogen-bond donors (Lipinski definition) is 2. The van der Waals surface area contributed by atoms with Crippen molar-refractivity contribution in [3.63, 3.8) is 0 Å². The van der Waals surface area contributed by atoms with Crippen molar-refractivity contribution in [2.24, 2.45) is 5.92 Å². The van der Waals surface area contributed by atoms with Crippen molar-refractivity contribution in [2.45, 2.75) is 32.2 Å². The van der Waals surface area contributed by atoms with Crippen LogP contribution in [-0.4, -0.2) is 61.8 Å². The van der Waals surface area contributed by atoms with Gasteiger partial charge in [-0.05, 0) is 92.0 Å². The monoisotopic (exact) mass is 542 g/mol. The molecule has 2 N–H and O–H groups in total. The highest BCUT2D eigenvalue weighted by atomic mass is 16.5. The van der Waals surface area contributed by atoms with Crippen LogP contribution in [0.25, 0.3) is 11.1 Å². The fourth-order valence-corrected chi connectivity index (χ4v) is 4.95. The predicted molar refractivity (Wildman–Crippen MR) is 157 cm³/mol. The standard InChI is InChI=1S/C33H38N2O5/c1-4-29(23-8-6-5-7-9-23)31(24-10-14-27(15-11-24)39-21-20-35(2)3)25-12-16-28(17-13-25)40-33(38)26-18-19-34-30(22-26)32(36)37/h5-17,26,30,34H,4,18-22H2,1-3H3,(H,36,37)/b31-29+. The van der Waals surface area contributed by atoms with E-state index in [1.807, 2.05) is 56.6 Å². The number of likely N-dealkylation sites (N-methyl/N-ethyl adjacent to an activating group) is 1. The zero-order valence-corrected chi connectivity index (χ0v) is 23.4. The highest BCUT2D eigenvalue weighted by Crippen LogP contribution is 2.36. The van der Waals surface area contributed by atoms with Crippen LogP contribution in [0.5, 0.6) is 11.5 Å². The van der Waals surface area contributed by atoms with Crippen LogP contribution >= 0.6 is 0 Å². The maximum Gasteiger partial charge on any atom is 0.320 e. The summed E-state index contributed by atoms with van der Waals surface area (Å²) in [6.45, 7) is 4.09. The zero-order chi connectivity index (χ0) is 28.5. The molecule has 1 aliphatic rings. The summed E-state index contributed by atoms with van der Waals surface area (Å²) in [5.74, 6) is -0.506. The third-order valence-corrected chi connectivity index (χ3v) is 7.12. The van der Waals surface area contributed by atoms with Crippen LogP contribution < -0.4 is 14.8 Å². The summed E-state index contributed by atoms with van der Waals surface area (Å²) in [5, 5.41) is 12.2. The Kier molecular flexibility index (Phi) is 10.1. The molecule has 40 heavy (non-hydrogen) atoms. The van der Waals surface area contributed by atoms with Crippen molar-refractivity contribution in [3.8, 4) is 11.5 Å². The zero-order valence-electron chi connectivity index (χ0n) is 23.4. The van der Waals surface area contributed by atoms with Crippen LogP contribution in [0.15, 0.2) is 78.9 Å². The fraction of sp³-hybridized carbons (Fsp3) is 0.333. The number of carbonyl (C=O) groups excluding carboxylic acids is 1. The molecule has 0 amide bonds. The van der Waals surface area contributed by atoms with E-state index in [2.05, 4.69) is 41.4 Å². The van der Waals surface area contributed by atoms with Gasteiger partial charge in [0.2, 0.25) is 0 Å². The minimum atomic E-state index is -0.945. The number of hydrogen-bond acceptors (Lipinski definition) is 6. The molecule has 0 bridgehead atoms. The van der Waals surface area contributed by atoms with Gasteiger partial charge in [-0.3, -0.25) is 9.59 Å². The molecule has 2 atom stereocenters. The van der Waals surface area contributed by atoms with Gasteiger partial charge in [-0.15, -0.1) is 0 Å². The average molecular weight is 543 g/mol. The maximum absolute atomic E-state index is 12.8. The van der Waals surface area contributed by atoms with Crippen LogP contribution in [0.3, 0.4) is 0 Å². The number of benzene rings is 3. The van der Waals surface area contributed by atoms with Crippen molar-refractivity contribution in [3.05, 3.63) is 95.6 Å². The summed E-state index contributed by atoms with van der Waals surface area (Å²) in [4.78, 5) is 26.2. The van der Waals surface area contributed by atoms with E-state index in [-0.39, 0.29) is 12.4 Å². The lowest BCUT2D eigenvalue weighted by atomic mass is 9.88. The minimum absolute atomic E-state index is 0.227. The third-order valence-electron chi connectivity index (χ3n) is 7.12. The number of allylic oxidation sites excluding steroid dienone is 1. The number of aliphatic carboxylic acids is 1. The molecule has 7 nitrogen and oxygen atoms in total. The third kappa shape index (κ3) is 7.58. The van der Waals surface area contributed by atoms with Gasteiger partial charge in [-0.25, -0.2) is 0 Å². The molecule has 1 heterocycles. The Labute approximate surface area is 236 Å². The predicted octanol–water partition coefficient (Wildman–Crippen LogP) is 5.35. The summed E-state index contributed by atoms with van der Waals surface area (Å²) in [6, 6.07) is 25.4. The molecule has 3 aromatic carbocycles. The van der Waals surface area contributed by atoms with Crippen molar-refractivity contribution in [1.29, 1.82) is 0 Å². The molecule has 3 aromatic rings. The Morgan fingerprint density at radius 1 is 0.900 bits per heavy atom. The quantitative estimate of drug-likeness (QED) is 0.192. The summed E-state index contributed by atoms with van der Waals surface area (Å²) >= 11 is 0. The van der Waals surface area contributed by atoms with E-state index in [0.717, 1.165) is 41.0 Å². The first kappa shape index (κ1) is 29.1. The van der Waals surface area contributed by atoms with Gasteiger partial charge in [0.25, 0.3) is 0 Å². The van der Waals surface area contributed by atoms with Gasteiger partial charge in [0.15, 0.2) is 0 Å². The highest BCUT2D eigenvalue weighted by Gasteiger charge is 2.32.